The zero-order valence-electron chi connectivity index (χ0n) is 17.7. The Labute approximate surface area is 182 Å². The van der Waals surface area contributed by atoms with Crippen molar-refractivity contribution in [2.75, 3.05) is 0 Å². The van der Waals surface area contributed by atoms with Crippen LogP contribution in [0.25, 0.3) is 21.3 Å². The van der Waals surface area contributed by atoms with Gasteiger partial charge >= 0.3 is 5.97 Å². The van der Waals surface area contributed by atoms with Crippen molar-refractivity contribution in [3.05, 3.63) is 63.7 Å². The van der Waals surface area contributed by atoms with Crippen LogP contribution in [-0.2, 0) is 29.4 Å². The monoisotopic (exact) mass is 438 g/mol. The molecule has 0 amide bonds. The van der Waals surface area contributed by atoms with Crippen LogP contribution in [-0.4, -0.2) is 31.3 Å². The van der Waals surface area contributed by atoms with Crippen molar-refractivity contribution in [2.24, 2.45) is 7.05 Å². The molecule has 1 aromatic carbocycles. The third-order valence-corrected chi connectivity index (χ3v) is 5.40. The van der Waals surface area contributed by atoms with E-state index < -0.39 is 11.6 Å². The first-order valence-electron chi connectivity index (χ1n) is 9.76. The third-order valence-electron chi connectivity index (χ3n) is 4.38. The average molecular weight is 439 g/mol. The molecular formula is C22H22N4O4S. The number of nitrogens with zero attached hydrogens (tertiary/aromatic N) is 4. The predicted octanol–water partition coefficient (Wildman–Crippen LogP) is 3.52. The number of thiazole rings is 1. The van der Waals surface area contributed by atoms with Crippen molar-refractivity contribution < 1.29 is 13.9 Å². The summed E-state index contributed by atoms with van der Waals surface area (Å²) in [4.78, 5) is 28.2. The molecule has 0 aliphatic carbocycles. The fourth-order valence-corrected chi connectivity index (χ4v) is 4.05. The number of aryl methyl sites for hydroxylation is 1. The first kappa shape index (κ1) is 20.9. The Morgan fingerprint density at radius 3 is 2.61 bits per heavy atom. The molecule has 0 aliphatic heterocycles. The van der Waals surface area contributed by atoms with Gasteiger partial charge in [0.2, 0.25) is 17.3 Å². The van der Waals surface area contributed by atoms with Crippen molar-refractivity contribution >= 4 is 27.5 Å². The van der Waals surface area contributed by atoms with E-state index in [0.29, 0.717) is 12.3 Å². The van der Waals surface area contributed by atoms with E-state index in [1.54, 1.807) is 29.0 Å². The minimum Gasteiger partial charge on any atom is -0.460 e. The standard InChI is InChI=1S/C22H22N4O4S/c1-22(2,3)30-21(28)11-18-25-24-17(29-18)10-19-23-15-7-5-13(9-16(15)31-19)14-6-8-20(27)26(4)12-14/h5-9,12H,10-11H2,1-4H3. The molecule has 0 fully saturated rings. The summed E-state index contributed by atoms with van der Waals surface area (Å²) in [6.45, 7) is 5.42. The lowest BCUT2D eigenvalue weighted by Crippen LogP contribution is -2.24. The number of aromatic nitrogens is 4. The lowest BCUT2D eigenvalue weighted by Gasteiger charge is -2.18. The molecular weight excluding hydrogens is 416 g/mol. The van der Waals surface area contributed by atoms with E-state index >= 15 is 0 Å². The molecule has 8 nitrogen and oxygen atoms in total. The SMILES string of the molecule is Cn1cc(-c2ccc3nc(Cc4nnc(CC(=O)OC(C)(C)C)o4)sc3c2)ccc1=O. The fourth-order valence-electron chi connectivity index (χ4n) is 3.05. The van der Waals surface area contributed by atoms with E-state index in [9.17, 15) is 9.59 Å². The first-order valence-corrected chi connectivity index (χ1v) is 10.6. The zero-order chi connectivity index (χ0) is 22.2. The Kier molecular flexibility index (Phi) is 5.45. The Balaban J connectivity index is 1.49. The molecule has 0 N–H and O–H groups in total. The van der Waals surface area contributed by atoms with Crippen LogP contribution in [0.5, 0.6) is 0 Å². The van der Waals surface area contributed by atoms with Crippen LogP contribution in [0.2, 0.25) is 0 Å². The number of hydrogen-bond donors (Lipinski definition) is 0. The second-order valence-corrected chi connectivity index (χ2v) is 9.30. The average Bonchev–Trinajstić information content (AvgIpc) is 3.28. The summed E-state index contributed by atoms with van der Waals surface area (Å²) >= 11 is 1.54. The van der Waals surface area contributed by atoms with Crippen LogP contribution < -0.4 is 5.56 Å². The number of hydrogen-bond acceptors (Lipinski definition) is 8. The van der Waals surface area contributed by atoms with E-state index in [-0.39, 0.29) is 17.9 Å². The molecule has 160 valence electrons. The molecule has 0 aliphatic rings. The number of esters is 1. The normalized spacial score (nSPS) is 11.7. The highest BCUT2D eigenvalue weighted by atomic mass is 32.1. The van der Waals surface area contributed by atoms with Crippen molar-refractivity contribution in [1.82, 2.24) is 19.7 Å². The molecule has 0 saturated carbocycles. The molecule has 0 atom stereocenters. The fraction of sp³-hybridized carbons (Fsp3) is 0.318. The van der Waals surface area contributed by atoms with E-state index in [4.69, 9.17) is 9.15 Å². The van der Waals surface area contributed by atoms with Crippen LogP contribution in [0.4, 0.5) is 0 Å². The van der Waals surface area contributed by atoms with Crippen LogP contribution in [0, 0.1) is 0 Å². The molecule has 3 heterocycles. The summed E-state index contributed by atoms with van der Waals surface area (Å²) in [5, 5.41) is 8.79. The predicted molar refractivity (Wildman–Crippen MR) is 117 cm³/mol. The summed E-state index contributed by atoms with van der Waals surface area (Å²) < 4.78 is 13.5. The van der Waals surface area contributed by atoms with Gasteiger partial charge in [-0.05, 0) is 50.1 Å². The van der Waals surface area contributed by atoms with E-state index in [0.717, 1.165) is 26.4 Å². The maximum atomic E-state index is 11.9. The van der Waals surface area contributed by atoms with Crippen molar-refractivity contribution in [3.8, 4) is 11.1 Å². The van der Waals surface area contributed by atoms with Crippen molar-refractivity contribution in [3.63, 3.8) is 0 Å². The van der Waals surface area contributed by atoms with Crippen LogP contribution in [0.15, 0.2) is 45.7 Å². The number of carbonyl (C=O) groups excluding carboxylic acids is 1. The van der Waals surface area contributed by atoms with Crippen LogP contribution in [0.3, 0.4) is 0 Å². The summed E-state index contributed by atoms with van der Waals surface area (Å²) in [6, 6.07) is 9.37. The summed E-state index contributed by atoms with van der Waals surface area (Å²) in [6.07, 6.45) is 2.14. The smallest absolute Gasteiger partial charge is 0.315 e. The third kappa shape index (κ3) is 5.05. The second-order valence-electron chi connectivity index (χ2n) is 8.19. The molecule has 0 radical (unpaired) electrons. The minimum atomic E-state index is -0.561. The largest absolute Gasteiger partial charge is 0.460 e. The lowest BCUT2D eigenvalue weighted by molar-refractivity contribution is -0.154. The van der Waals surface area contributed by atoms with Gasteiger partial charge in [0.05, 0.1) is 16.6 Å². The number of ether oxygens (including phenoxy) is 1. The van der Waals surface area contributed by atoms with E-state index in [1.807, 2.05) is 45.2 Å². The molecule has 4 aromatic rings. The maximum absolute atomic E-state index is 11.9. The summed E-state index contributed by atoms with van der Waals surface area (Å²) in [5.74, 6) is 0.215. The van der Waals surface area contributed by atoms with E-state index in [2.05, 4.69) is 21.2 Å². The Morgan fingerprint density at radius 2 is 1.87 bits per heavy atom. The molecule has 31 heavy (non-hydrogen) atoms. The molecule has 0 unspecified atom stereocenters. The Morgan fingerprint density at radius 1 is 1.13 bits per heavy atom. The molecule has 0 spiro atoms. The Hall–Kier alpha value is -3.33. The van der Waals surface area contributed by atoms with Gasteiger partial charge in [-0.1, -0.05) is 6.07 Å². The number of carbonyl (C=O) groups is 1. The van der Waals surface area contributed by atoms with Crippen LogP contribution in [0.1, 0.15) is 37.6 Å². The summed E-state index contributed by atoms with van der Waals surface area (Å²) in [5.41, 5.74) is 2.24. The quantitative estimate of drug-likeness (QED) is 0.440. The van der Waals surface area contributed by atoms with Crippen molar-refractivity contribution in [2.45, 2.75) is 39.2 Å². The van der Waals surface area contributed by atoms with Gasteiger partial charge in [-0.15, -0.1) is 21.5 Å². The van der Waals surface area contributed by atoms with Gasteiger partial charge in [0, 0.05) is 19.3 Å². The molecule has 3 aromatic heterocycles. The van der Waals surface area contributed by atoms with Gasteiger partial charge in [0.15, 0.2) is 0 Å². The van der Waals surface area contributed by atoms with Gasteiger partial charge in [0.25, 0.3) is 0 Å². The zero-order valence-corrected chi connectivity index (χ0v) is 18.5. The van der Waals surface area contributed by atoms with E-state index in [1.165, 1.54) is 0 Å². The highest BCUT2D eigenvalue weighted by Gasteiger charge is 2.19. The maximum Gasteiger partial charge on any atom is 0.315 e. The number of fused-ring (bicyclic) bond motifs is 1. The van der Waals surface area contributed by atoms with Gasteiger partial charge < -0.3 is 13.7 Å². The first-order chi connectivity index (χ1) is 14.7. The molecule has 4 rings (SSSR count). The van der Waals surface area contributed by atoms with Crippen molar-refractivity contribution in [1.29, 1.82) is 0 Å². The van der Waals surface area contributed by atoms with Crippen LogP contribution >= 0.6 is 11.3 Å². The highest BCUT2D eigenvalue weighted by molar-refractivity contribution is 7.18. The Bertz CT molecular complexity index is 1310. The number of benzene rings is 1. The number of pyridine rings is 1. The summed E-state index contributed by atoms with van der Waals surface area (Å²) in [7, 11) is 1.73. The van der Waals surface area contributed by atoms with Gasteiger partial charge in [-0.25, -0.2) is 4.98 Å². The van der Waals surface area contributed by atoms with Gasteiger partial charge in [-0.2, -0.15) is 0 Å². The van der Waals surface area contributed by atoms with Gasteiger partial charge in [0.1, 0.15) is 17.0 Å². The van der Waals surface area contributed by atoms with Gasteiger partial charge in [-0.3, -0.25) is 9.59 Å². The second kappa shape index (κ2) is 8.07. The molecule has 0 saturated heterocycles. The topological polar surface area (TPSA) is 100 Å². The lowest BCUT2D eigenvalue weighted by atomic mass is 10.1. The number of rotatable bonds is 5. The molecule has 0 bridgehead atoms. The minimum absolute atomic E-state index is 0.0458. The molecule has 9 heteroatoms. The highest BCUT2D eigenvalue weighted by Crippen LogP contribution is 2.29.